The van der Waals surface area contributed by atoms with Gasteiger partial charge in [-0.3, -0.25) is 5.32 Å². The molecule has 3 nitrogen and oxygen atoms in total. The van der Waals surface area contributed by atoms with E-state index >= 15 is 0 Å². The highest BCUT2D eigenvalue weighted by molar-refractivity contribution is 5.50. The highest BCUT2D eigenvalue weighted by Gasteiger charge is 2.27. The number of hydrogen-bond donors (Lipinski definition) is 3. The SMILES string of the molecule is C[C@@H](NC(/C=C/c1ccccc1)(CO)CO)c1ccccc1. The monoisotopic (exact) mass is 297 g/mol. The predicted octanol–water partition coefficient (Wildman–Crippen LogP) is 2.77. The first-order valence-electron chi connectivity index (χ1n) is 7.48. The van der Waals surface area contributed by atoms with Gasteiger partial charge in [0.15, 0.2) is 0 Å². The topological polar surface area (TPSA) is 52.5 Å². The normalized spacial score (nSPS) is 13.4. The lowest BCUT2D eigenvalue weighted by atomic mass is 9.96. The quantitative estimate of drug-likeness (QED) is 0.736. The van der Waals surface area contributed by atoms with Crippen LogP contribution in [0.4, 0.5) is 0 Å². The molecule has 0 aliphatic carbocycles. The average molecular weight is 297 g/mol. The van der Waals surface area contributed by atoms with Gasteiger partial charge in [-0.05, 0) is 18.1 Å². The van der Waals surface area contributed by atoms with Gasteiger partial charge in [-0.15, -0.1) is 0 Å². The van der Waals surface area contributed by atoms with Gasteiger partial charge in [0.2, 0.25) is 0 Å². The fourth-order valence-electron chi connectivity index (χ4n) is 2.37. The summed E-state index contributed by atoms with van der Waals surface area (Å²) in [5.41, 5.74) is 1.29. The van der Waals surface area contributed by atoms with Crippen LogP contribution in [0, 0.1) is 0 Å². The Hall–Kier alpha value is -1.94. The average Bonchev–Trinajstić information content (AvgIpc) is 2.60. The first kappa shape index (κ1) is 16.4. The molecule has 2 aromatic rings. The first-order valence-corrected chi connectivity index (χ1v) is 7.48. The Morgan fingerprint density at radius 1 is 0.955 bits per heavy atom. The second-order valence-electron chi connectivity index (χ2n) is 5.49. The summed E-state index contributed by atoms with van der Waals surface area (Å²) in [6.07, 6.45) is 3.75. The lowest BCUT2D eigenvalue weighted by Crippen LogP contribution is -2.51. The second kappa shape index (κ2) is 7.90. The van der Waals surface area contributed by atoms with Crippen molar-refractivity contribution in [3.8, 4) is 0 Å². The maximum Gasteiger partial charge on any atom is 0.0841 e. The van der Waals surface area contributed by atoms with Gasteiger partial charge < -0.3 is 10.2 Å². The van der Waals surface area contributed by atoms with Crippen molar-refractivity contribution in [3.63, 3.8) is 0 Å². The zero-order valence-electron chi connectivity index (χ0n) is 12.8. The molecule has 0 unspecified atom stereocenters. The highest BCUT2D eigenvalue weighted by atomic mass is 16.3. The Kier molecular flexibility index (Phi) is 5.90. The Labute approximate surface area is 131 Å². The molecule has 0 aliphatic heterocycles. The second-order valence-corrected chi connectivity index (χ2v) is 5.49. The van der Waals surface area contributed by atoms with Crippen LogP contribution >= 0.6 is 0 Å². The van der Waals surface area contributed by atoms with E-state index in [2.05, 4.69) is 5.32 Å². The third-order valence-electron chi connectivity index (χ3n) is 3.76. The van der Waals surface area contributed by atoms with Crippen LogP contribution in [0.2, 0.25) is 0 Å². The summed E-state index contributed by atoms with van der Waals surface area (Å²) in [6.45, 7) is 1.67. The first-order chi connectivity index (χ1) is 10.7. The molecule has 22 heavy (non-hydrogen) atoms. The Balaban J connectivity index is 2.16. The van der Waals surface area contributed by atoms with Crippen molar-refractivity contribution in [1.82, 2.24) is 5.32 Å². The van der Waals surface area contributed by atoms with Gasteiger partial charge in [0.25, 0.3) is 0 Å². The molecule has 0 aliphatic rings. The summed E-state index contributed by atoms with van der Waals surface area (Å²) in [5, 5.41) is 22.9. The van der Waals surface area contributed by atoms with Crippen LogP contribution in [0.15, 0.2) is 66.7 Å². The molecule has 2 rings (SSSR count). The van der Waals surface area contributed by atoms with Gasteiger partial charge in [0.05, 0.1) is 18.8 Å². The lowest BCUT2D eigenvalue weighted by Gasteiger charge is -2.31. The molecule has 0 amide bonds. The molecule has 3 N–H and O–H groups in total. The van der Waals surface area contributed by atoms with Crippen LogP contribution in [-0.2, 0) is 0 Å². The molecule has 0 saturated heterocycles. The standard InChI is InChI=1S/C19H23NO2/c1-16(18-10-6-3-7-11-18)20-19(14-21,15-22)13-12-17-8-4-2-5-9-17/h2-13,16,20-22H,14-15H2,1H3/b13-12+/t16-/m1/s1. The molecule has 0 bridgehead atoms. The maximum absolute atomic E-state index is 9.78. The van der Waals surface area contributed by atoms with E-state index in [1.54, 1.807) is 0 Å². The summed E-state index contributed by atoms with van der Waals surface area (Å²) < 4.78 is 0. The molecule has 0 aromatic heterocycles. The number of benzene rings is 2. The van der Waals surface area contributed by atoms with E-state index in [1.807, 2.05) is 79.7 Å². The molecule has 116 valence electrons. The zero-order valence-corrected chi connectivity index (χ0v) is 12.8. The van der Waals surface area contributed by atoms with Crippen LogP contribution in [0.5, 0.6) is 0 Å². The fraction of sp³-hybridized carbons (Fsp3) is 0.263. The van der Waals surface area contributed by atoms with Crippen LogP contribution in [0.3, 0.4) is 0 Å². The molecule has 0 fully saturated rings. The number of aliphatic hydroxyl groups excluding tert-OH is 2. The Morgan fingerprint density at radius 2 is 1.50 bits per heavy atom. The third kappa shape index (κ3) is 4.28. The van der Waals surface area contributed by atoms with E-state index < -0.39 is 5.54 Å². The molecule has 0 radical (unpaired) electrons. The van der Waals surface area contributed by atoms with Crippen molar-refractivity contribution in [1.29, 1.82) is 0 Å². The number of aliphatic hydroxyl groups is 2. The Morgan fingerprint density at radius 3 is 2.05 bits per heavy atom. The van der Waals surface area contributed by atoms with E-state index in [4.69, 9.17) is 0 Å². The van der Waals surface area contributed by atoms with Crippen LogP contribution in [0.1, 0.15) is 24.1 Å². The lowest BCUT2D eigenvalue weighted by molar-refractivity contribution is 0.116. The van der Waals surface area contributed by atoms with Crippen molar-refractivity contribution in [2.24, 2.45) is 0 Å². The Bertz CT molecular complexity index is 577. The van der Waals surface area contributed by atoms with Gasteiger partial charge in [0.1, 0.15) is 0 Å². The molecule has 0 saturated carbocycles. The van der Waals surface area contributed by atoms with E-state index in [0.717, 1.165) is 11.1 Å². The number of nitrogens with one attached hydrogen (secondary N) is 1. The van der Waals surface area contributed by atoms with Gasteiger partial charge in [-0.25, -0.2) is 0 Å². The summed E-state index contributed by atoms with van der Waals surface area (Å²) in [7, 11) is 0. The molecule has 2 aromatic carbocycles. The van der Waals surface area contributed by atoms with Crippen molar-refractivity contribution in [2.45, 2.75) is 18.5 Å². The van der Waals surface area contributed by atoms with Gasteiger partial charge in [-0.2, -0.15) is 0 Å². The van der Waals surface area contributed by atoms with Crippen LogP contribution < -0.4 is 5.32 Å². The van der Waals surface area contributed by atoms with Crippen molar-refractivity contribution in [2.75, 3.05) is 13.2 Å². The van der Waals surface area contributed by atoms with E-state index in [1.165, 1.54) is 0 Å². The van der Waals surface area contributed by atoms with Crippen molar-refractivity contribution >= 4 is 6.08 Å². The smallest absolute Gasteiger partial charge is 0.0841 e. The summed E-state index contributed by atoms with van der Waals surface area (Å²) in [4.78, 5) is 0. The molecular weight excluding hydrogens is 274 g/mol. The van der Waals surface area contributed by atoms with Gasteiger partial charge in [0, 0.05) is 6.04 Å². The largest absolute Gasteiger partial charge is 0.394 e. The van der Waals surface area contributed by atoms with E-state index in [9.17, 15) is 10.2 Å². The highest BCUT2D eigenvalue weighted by Crippen LogP contribution is 2.18. The van der Waals surface area contributed by atoms with Gasteiger partial charge >= 0.3 is 0 Å². The summed E-state index contributed by atoms with van der Waals surface area (Å²) >= 11 is 0. The minimum atomic E-state index is -0.856. The molecule has 0 spiro atoms. The number of hydrogen-bond acceptors (Lipinski definition) is 3. The van der Waals surface area contributed by atoms with Crippen LogP contribution in [0.25, 0.3) is 6.08 Å². The maximum atomic E-state index is 9.78. The predicted molar refractivity (Wildman–Crippen MR) is 90.4 cm³/mol. The fourth-order valence-corrected chi connectivity index (χ4v) is 2.37. The minimum absolute atomic E-state index is 0.0147. The summed E-state index contributed by atoms with van der Waals surface area (Å²) in [6, 6.07) is 19.8. The van der Waals surface area contributed by atoms with Gasteiger partial charge in [-0.1, -0.05) is 72.8 Å². The van der Waals surface area contributed by atoms with Crippen LogP contribution in [-0.4, -0.2) is 29.0 Å². The van der Waals surface area contributed by atoms with E-state index in [0.29, 0.717) is 0 Å². The molecular formula is C19H23NO2. The zero-order chi connectivity index (χ0) is 15.8. The van der Waals surface area contributed by atoms with Crippen molar-refractivity contribution in [3.05, 3.63) is 77.9 Å². The minimum Gasteiger partial charge on any atom is -0.394 e. The third-order valence-corrected chi connectivity index (χ3v) is 3.76. The number of rotatable bonds is 7. The van der Waals surface area contributed by atoms with Crippen molar-refractivity contribution < 1.29 is 10.2 Å². The summed E-state index contributed by atoms with van der Waals surface area (Å²) in [5.74, 6) is 0. The molecule has 1 atom stereocenters. The van der Waals surface area contributed by atoms with E-state index in [-0.39, 0.29) is 19.3 Å². The molecule has 0 heterocycles. The molecule has 3 heteroatoms.